The van der Waals surface area contributed by atoms with E-state index in [9.17, 15) is 9.50 Å². The van der Waals surface area contributed by atoms with Gasteiger partial charge < -0.3 is 15.3 Å². The summed E-state index contributed by atoms with van der Waals surface area (Å²) in [6, 6.07) is 4.70. The van der Waals surface area contributed by atoms with Crippen LogP contribution in [0.5, 0.6) is 0 Å². The van der Waals surface area contributed by atoms with Crippen molar-refractivity contribution in [1.82, 2.24) is 4.90 Å². The van der Waals surface area contributed by atoms with Crippen LogP contribution in [0.2, 0.25) is 0 Å². The molecule has 0 saturated carbocycles. The second-order valence-corrected chi connectivity index (χ2v) is 5.06. The second-order valence-electron chi connectivity index (χ2n) is 4.14. The van der Waals surface area contributed by atoms with Gasteiger partial charge in [0.25, 0.3) is 0 Å². The molecular formula is C13H20BrFN2O. The molecule has 1 unspecified atom stereocenters. The number of rotatable bonds is 7. The van der Waals surface area contributed by atoms with Crippen molar-refractivity contribution >= 4 is 21.6 Å². The lowest BCUT2D eigenvalue weighted by molar-refractivity contribution is 0.128. The number of hydrogen-bond acceptors (Lipinski definition) is 3. The summed E-state index contributed by atoms with van der Waals surface area (Å²) in [4.78, 5) is 2.13. The number of nitrogens with one attached hydrogen (secondary N) is 1. The standard InChI is InChI=1S/C13H20BrFN2O/c1-3-17(4-2)9-11(18)8-16-13-7-10(14)5-6-12(13)15/h5-7,11,16,18H,3-4,8-9H2,1-2H3. The van der Waals surface area contributed by atoms with Crippen LogP contribution in [0.4, 0.5) is 10.1 Å². The molecule has 0 aliphatic rings. The Morgan fingerprint density at radius 1 is 1.39 bits per heavy atom. The first-order valence-corrected chi connectivity index (χ1v) is 6.95. The Morgan fingerprint density at radius 2 is 2.06 bits per heavy atom. The molecule has 0 aliphatic carbocycles. The third-order valence-corrected chi connectivity index (χ3v) is 3.31. The van der Waals surface area contributed by atoms with E-state index in [1.807, 2.05) is 0 Å². The van der Waals surface area contributed by atoms with E-state index in [2.05, 4.69) is 40.0 Å². The molecular weight excluding hydrogens is 299 g/mol. The van der Waals surface area contributed by atoms with Crippen LogP contribution in [-0.2, 0) is 0 Å². The van der Waals surface area contributed by atoms with E-state index < -0.39 is 6.10 Å². The summed E-state index contributed by atoms with van der Waals surface area (Å²) in [6.07, 6.45) is -0.511. The monoisotopic (exact) mass is 318 g/mol. The van der Waals surface area contributed by atoms with E-state index in [0.717, 1.165) is 17.6 Å². The highest BCUT2D eigenvalue weighted by atomic mass is 79.9. The van der Waals surface area contributed by atoms with Gasteiger partial charge in [0.15, 0.2) is 0 Å². The molecule has 5 heteroatoms. The van der Waals surface area contributed by atoms with Crippen molar-refractivity contribution in [3.05, 3.63) is 28.5 Å². The van der Waals surface area contributed by atoms with Crippen molar-refractivity contribution in [2.24, 2.45) is 0 Å². The van der Waals surface area contributed by atoms with Crippen LogP contribution in [0.15, 0.2) is 22.7 Å². The lowest BCUT2D eigenvalue weighted by Crippen LogP contribution is -2.36. The van der Waals surface area contributed by atoms with Gasteiger partial charge >= 0.3 is 0 Å². The molecule has 0 fully saturated rings. The number of hydrogen-bond donors (Lipinski definition) is 2. The molecule has 102 valence electrons. The predicted octanol–water partition coefficient (Wildman–Crippen LogP) is 2.70. The molecule has 1 atom stereocenters. The smallest absolute Gasteiger partial charge is 0.146 e. The minimum absolute atomic E-state index is 0.312. The fraction of sp³-hybridized carbons (Fsp3) is 0.538. The molecule has 0 saturated heterocycles. The fourth-order valence-electron chi connectivity index (χ4n) is 1.71. The highest BCUT2D eigenvalue weighted by molar-refractivity contribution is 9.10. The largest absolute Gasteiger partial charge is 0.390 e. The van der Waals surface area contributed by atoms with Gasteiger partial charge in [0.05, 0.1) is 11.8 Å². The van der Waals surface area contributed by atoms with Crippen LogP contribution in [0.25, 0.3) is 0 Å². The summed E-state index contributed by atoms with van der Waals surface area (Å²) < 4.78 is 14.2. The van der Waals surface area contributed by atoms with Gasteiger partial charge in [-0.1, -0.05) is 29.8 Å². The number of benzene rings is 1. The summed E-state index contributed by atoms with van der Waals surface area (Å²) in [5.41, 5.74) is 0.406. The van der Waals surface area contributed by atoms with Crippen LogP contribution < -0.4 is 5.32 Å². The predicted molar refractivity (Wildman–Crippen MR) is 76.4 cm³/mol. The number of aliphatic hydroxyl groups excluding tert-OH is 1. The number of aliphatic hydroxyl groups is 1. The van der Waals surface area contributed by atoms with Gasteiger partial charge in [0.2, 0.25) is 0 Å². The first-order valence-electron chi connectivity index (χ1n) is 6.16. The molecule has 1 aromatic carbocycles. The van der Waals surface area contributed by atoms with Crippen LogP contribution >= 0.6 is 15.9 Å². The Hall–Kier alpha value is -0.650. The Kier molecular flexibility index (Phi) is 6.60. The van der Waals surface area contributed by atoms with E-state index in [1.165, 1.54) is 6.07 Å². The molecule has 0 bridgehead atoms. The molecule has 0 amide bonds. The SMILES string of the molecule is CCN(CC)CC(O)CNc1cc(Br)ccc1F. The summed E-state index contributed by atoms with van der Waals surface area (Å²) in [6.45, 7) is 6.84. The molecule has 0 radical (unpaired) electrons. The van der Waals surface area contributed by atoms with Gasteiger partial charge in [-0.3, -0.25) is 0 Å². The van der Waals surface area contributed by atoms with Crippen molar-refractivity contribution in [2.75, 3.05) is 31.5 Å². The zero-order chi connectivity index (χ0) is 13.5. The molecule has 3 nitrogen and oxygen atoms in total. The van der Waals surface area contributed by atoms with Crippen LogP contribution in [0.1, 0.15) is 13.8 Å². The minimum atomic E-state index is -0.511. The number of nitrogens with zero attached hydrogens (tertiary/aromatic N) is 1. The first-order chi connectivity index (χ1) is 8.56. The summed E-state index contributed by atoms with van der Waals surface area (Å²) in [5.74, 6) is -0.312. The van der Waals surface area contributed by atoms with Crippen molar-refractivity contribution in [1.29, 1.82) is 0 Å². The highest BCUT2D eigenvalue weighted by Crippen LogP contribution is 2.19. The van der Waals surface area contributed by atoms with Gasteiger partial charge in [-0.15, -0.1) is 0 Å². The van der Waals surface area contributed by atoms with E-state index in [1.54, 1.807) is 12.1 Å². The molecule has 0 heterocycles. The van der Waals surface area contributed by atoms with Gasteiger partial charge in [-0.05, 0) is 31.3 Å². The van der Waals surface area contributed by atoms with Gasteiger partial charge in [-0.25, -0.2) is 4.39 Å². The van der Waals surface area contributed by atoms with E-state index in [-0.39, 0.29) is 5.82 Å². The quantitative estimate of drug-likeness (QED) is 0.811. The molecule has 1 aromatic rings. The fourth-order valence-corrected chi connectivity index (χ4v) is 2.07. The number of halogens is 2. The van der Waals surface area contributed by atoms with E-state index in [0.29, 0.717) is 18.8 Å². The van der Waals surface area contributed by atoms with Crippen LogP contribution in [-0.4, -0.2) is 42.3 Å². The lowest BCUT2D eigenvalue weighted by atomic mass is 10.2. The Labute approximate surface area is 116 Å². The van der Waals surface area contributed by atoms with Crippen molar-refractivity contribution in [2.45, 2.75) is 20.0 Å². The second kappa shape index (κ2) is 7.71. The van der Waals surface area contributed by atoms with Crippen molar-refractivity contribution in [3.8, 4) is 0 Å². The minimum Gasteiger partial charge on any atom is -0.390 e. The van der Waals surface area contributed by atoms with Crippen LogP contribution in [0.3, 0.4) is 0 Å². The van der Waals surface area contributed by atoms with Gasteiger partial charge in [-0.2, -0.15) is 0 Å². The molecule has 0 spiro atoms. The molecule has 0 aliphatic heterocycles. The zero-order valence-corrected chi connectivity index (χ0v) is 12.4. The third kappa shape index (κ3) is 4.92. The first kappa shape index (κ1) is 15.4. The highest BCUT2D eigenvalue weighted by Gasteiger charge is 2.10. The molecule has 1 rings (SSSR count). The number of likely N-dealkylation sites (N-methyl/N-ethyl adjacent to an activating group) is 1. The van der Waals surface area contributed by atoms with E-state index >= 15 is 0 Å². The maximum absolute atomic E-state index is 13.4. The topological polar surface area (TPSA) is 35.5 Å². The normalized spacial score (nSPS) is 12.8. The van der Waals surface area contributed by atoms with Crippen LogP contribution in [0, 0.1) is 5.82 Å². The zero-order valence-electron chi connectivity index (χ0n) is 10.8. The molecule has 2 N–H and O–H groups in total. The molecule has 18 heavy (non-hydrogen) atoms. The maximum Gasteiger partial charge on any atom is 0.146 e. The Balaban J connectivity index is 2.46. The van der Waals surface area contributed by atoms with Crippen molar-refractivity contribution in [3.63, 3.8) is 0 Å². The van der Waals surface area contributed by atoms with Crippen molar-refractivity contribution < 1.29 is 9.50 Å². The van der Waals surface area contributed by atoms with Gasteiger partial charge in [0.1, 0.15) is 5.82 Å². The number of anilines is 1. The maximum atomic E-state index is 13.4. The van der Waals surface area contributed by atoms with Gasteiger partial charge in [0, 0.05) is 17.6 Å². The molecule has 0 aromatic heterocycles. The summed E-state index contributed by atoms with van der Waals surface area (Å²) in [7, 11) is 0. The summed E-state index contributed by atoms with van der Waals surface area (Å²) in [5, 5.41) is 12.8. The third-order valence-electron chi connectivity index (χ3n) is 2.82. The Bertz CT molecular complexity index is 372. The lowest BCUT2D eigenvalue weighted by Gasteiger charge is -2.22. The Morgan fingerprint density at radius 3 is 2.67 bits per heavy atom. The summed E-state index contributed by atoms with van der Waals surface area (Å²) >= 11 is 3.29. The average Bonchev–Trinajstić information content (AvgIpc) is 2.37. The van der Waals surface area contributed by atoms with E-state index in [4.69, 9.17) is 0 Å². The average molecular weight is 319 g/mol.